The molecule has 0 amide bonds. The second-order valence-electron chi connectivity index (χ2n) is 6.81. The lowest BCUT2D eigenvalue weighted by Gasteiger charge is -2.30. The van der Waals surface area contributed by atoms with Gasteiger partial charge in [-0.2, -0.15) is 0 Å². The van der Waals surface area contributed by atoms with E-state index in [0.717, 1.165) is 28.3 Å². The van der Waals surface area contributed by atoms with Gasteiger partial charge in [-0.15, -0.1) is 23.5 Å². The van der Waals surface area contributed by atoms with Gasteiger partial charge in [0.2, 0.25) is 0 Å². The van der Waals surface area contributed by atoms with Crippen molar-refractivity contribution in [1.29, 1.82) is 0 Å². The average molecular weight is 268 g/mol. The van der Waals surface area contributed by atoms with Crippen molar-refractivity contribution in [3.8, 4) is 0 Å². The second-order valence-corrected chi connectivity index (χ2v) is 9.64. The molecule has 0 N–H and O–H groups in total. The molecule has 3 aliphatic rings. The van der Waals surface area contributed by atoms with E-state index in [1.165, 1.54) is 0 Å². The van der Waals surface area contributed by atoms with Crippen molar-refractivity contribution in [3.63, 3.8) is 0 Å². The predicted octanol–water partition coefficient (Wildman–Crippen LogP) is 4.60. The molecule has 2 saturated heterocycles. The van der Waals surface area contributed by atoms with Crippen LogP contribution in [0.25, 0.3) is 0 Å². The summed E-state index contributed by atoms with van der Waals surface area (Å²) in [6, 6.07) is 0. The van der Waals surface area contributed by atoms with Crippen LogP contribution in [0.4, 0.5) is 0 Å². The first-order valence-corrected chi connectivity index (χ1v) is 8.70. The zero-order valence-electron chi connectivity index (χ0n) is 11.8. The van der Waals surface area contributed by atoms with Crippen molar-refractivity contribution in [2.45, 2.75) is 61.5 Å². The molecule has 0 aromatic rings. The lowest BCUT2D eigenvalue weighted by Crippen LogP contribution is -2.40. The van der Waals surface area contributed by atoms with Crippen LogP contribution < -0.4 is 0 Å². The molecule has 96 valence electrons. The molecule has 0 aromatic carbocycles. The zero-order chi connectivity index (χ0) is 12.6. The van der Waals surface area contributed by atoms with E-state index in [-0.39, 0.29) is 0 Å². The predicted molar refractivity (Wildman–Crippen MR) is 80.8 cm³/mol. The Kier molecular flexibility index (Phi) is 2.57. The Morgan fingerprint density at radius 1 is 1.00 bits per heavy atom. The molecule has 4 atom stereocenters. The maximum absolute atomic E-state index is 2.67. The molecule has 2 fully saturated rings. The summed E-state index contributed by atoms with van der Waals surface area (Å²) in [6.07, 6.45) is 2.67. The van der Waals surface area contributed by atoms with Gasteiger partial charge >= 0.3 is 0 Å². The van der Waals surface area contributed by atoms with E-state index >= 15 is 0 Å². The van der Waals surface area contributed by atoms with Crippen molar-refractivity contribution in [2.75, 3.05) is 0 Å². The topological polar surface area (TPSA) is 0 Å². The average Bonchev–Trinajstić information content (AvgIpc) is 3.08. The Bertz CT molecular complexity index is 382. The van der Waals surface area contributed by atoms with Gasteiger partial charge in [0.15, 0.2) is 0 Å². The summed E-state index contributed by atoms with van der Waals surface area (Å²) in [6.45, 7) is 14.4. The number of rotatable bonds is 3. The first-order valence-electron chi connectivity index (χ1n) is 6.94. The maximum atomic E-state index is 2.67. The van der Waals surface area contributed by atoms with Crippen LogP contribution in [0.2, 0.25) is 0 Å². The summed E-state index contributed by atoms with van der Waals surface area (Å²) < 4.78 is 1.08. The highest BCUT2D eigenvalue weighted by atomic mass is 32.2. The first kappa shape index (κ1) is 12.5. The minimum absolute atomic E-state index is 0.490. The molecule has 2 aliphatic heterocycles. The fourth-order valence-electron chi connectivity index (χ4n) is 3.58. The lowest BCUT2D eigenvalue weighted by atomic mass is 9.71. The van der Waals surface area contributed by atoms with Crippen LogP contribution in [0, 0.1) is 17.8 Å². The Balaban J connectivity index is 2.02. The van der Waals surface area contributed by atoms with E-state index in [1.807, 2.05) is 0 Å². The minimum atomic E-state index is 0.490. The standard InChI is InChI=1S/C15H24S2/c1-8(2)11-7-14(9(3)4)13(17-14)15(10(5)6)12(11)16-15/h7-10,12-13H,1-6H3. The smallest absolute Gasteiger partial charge is 0.0501 e. The number of hydrogen-bond acceptors (Lipinski definition) is 2. The monoisotopic (exact) mass is 268 g/mol. The number of fused-ring (bicyclic) bond motifs is 3. The van der Waals surface area contributed by atoms with Crippen LogP contribution in [-0.2, 0) is 0 Å². The van der Waals surface area contributed by atoms with E-state index in [4.69, 9.17) is 0 Å². The molecule has 0 bridgehead atoms. The van der Waals surface area contributed by atoms with Crippen molar-refractivity contribution in [3.05, 3.63) is 11.6 Å². The Morgan fingerprint density at radius 2 is 1.65 bits per heavy atom. The van der Waals surface area contributed by atoms with Crippen LogP contribution in [0.3, 0.4) is 0 Å². The molecule has 0 radical (unpaired) electrons. The molecule has 2 heteroatoms. The van der Waals surface area contributed by atoms with Gasteiger partial charge in [0.05, 0.1) is 4.75 Å². The summed E-state index contributed by atoms with van der Waals surface area (Å²) in [4.78, 5) is 0. The van der Waals surface area contributed by atoms with Crippen LogP contribution in [-0.4, -0.2) is 20.0 Å². The molecule has 0 nitrogen and oxygen atoms in total. The SMILES string of the molecule is CC(C)C1=CC2(C(C)C)SC2C2(C(C)C)SC12. The highest BCUT2D eigenvalue weighted by Gasteiger charge is 2.78. The van der Waals surface area contributed by atoms with Gasteiger partial charge in [-0.1, -0.05) is 53.2 Å². The third kappa shape index (κ3) is 1.40. The van der Waals surface area contributed by atoms with Gasteiger partial charge in [0.25, 0.3) is 0 Å². The lowest BCUT2D eigenvalue weighted by molar-refractivity contribution is 0.406. The van der Waals surface area contributed by atoms with E-state index in [9.17, 15) is 0 Å². The normalized spacial score (nSPS) is 47.0. The van der Waals surface area contributed by atoms with Gasteiger partial charge in [0, 0.05) is 15.2 Å². The molecule has 2 heterocycles. The summed E-state index contributed by atoms with van der Waals surface area (Å²) >= 11 is 4.52. The van der Waals surface area contributed by atoms with Gasteiger partial charge in [0.1, 0.15) is 0 Å². The van der Waals surface area contributed by atoms with Crippen molar-refractivity contribution < 1.29 is 0 Å². The van der Waals surface area contributed by atoms with Gasteiger partial charge in [-0.3, -0.25) is 0 Å². The highest BCUT2D eigenvalue weighted by molar-refractivity contribution is 8.14. The minimum Gasteiger partial charge on any atom is -0.143 e. The van der Waals surface area contributed by atoms with Gasteiger partial charge in [-0.05, 0) is 17.8 Å². The Hall–Kier alpha value is 0.440. The van der Waals surface area contributed by atoms with Crippen molar-refractivity contribution in [1.82, 2.24) is 0 Å². The summed E-state index contributed by atoms with van der Waals surface area (Å²) in [5, 5.41) is 1.74. The van der Waals surface area contributed by atoms with Crippen molar-refractivity contribution in [2.24, 2.45) is 17.8 Å². The van der Waals surface area contributed by atoms with E-state index < -0.39 is 0 Å². The first-order chi connectivity index (χ1) is 7.86. The van der Waals surface area contributed by atoms with E-state index in [2.05, 4.69) is 71.1 Å². The van der Waals surface area contributed by atoms with Crippen molar-refractivity contribution >= 4 is 23.5 Å². The number of hydrogen-bond donors (Lipinski definition) is 0. The maximum Gasteiger partial charge on any atom is 0.0501 e. The summed E-state index contributed by atoms with van der Waals surface area (Å²) in [5.74, 6) is 2.33. The largest absolute Gasteiger partial charge is 0.143 e. The fraction of sp³-hybridized carbons (Fsp3) is 0.867. The molecular weight excluding hydrogens is 244 g/mol. The molecule has 0 saturated carbocycles. The highest BCUT2D eigenvalue weighted by Crippen LogP contribution is 2.80. The van der Waals surface area contributed by atoms with Crippen LogP contribution in [0.5, 0.6) is 0 Å². The van der Waals surface area contributed by atoms with Crippen LogP contribution in [0.1, 0.15) is 41.5 Å². The quantitative estimate of drug-likeness (QED) is 0.542. The third-order valence-electron chi connectivity index (χ3n) is 4.93. The summed E-state index contributed by atoms with van der Waals surface area (Å²) in [7, 11) is 0. The Morgan fingerprint density at radius 3 is 2.12 bits per heavy atom. The second kappa shape index (κ2) is 3.50. The third-order valence-corrected chi connectivity index (χ3v) is 9.06. The molecular formula is C15H24S2. The van der Waals surface area contributed by atoms with Crippen LogP contribution in [0.15, 0.2) is 11.6 Å². The molecule has 3 rings (SSSR count). The zero-order valence-corrected chi connectivity index (χ0v) is 13.4. The molecule has 17 heavy (non-hydrogen) atoms. The molecule has 1 aliphatic carbocycles. The van der Waals surface area contributed by atoms with E-state index in [1.54, 1.807) is 5.57 Å². The molecule has 0 spiro atoms. The van der Waals surface area contributed by atoms with E-state index in [0.29, 0.717) is 9.49 Å². The molecule has 0 aromatic heterocycles. The number of thioether (sulfide) groups is 2. The van der Waals surface area contributed by atoms with Crippen LogP contribution >= 0.6 is 23.5 Å². The summed E-state index contributed by atoms with van der Waals surface area (Å²) in [5.41, 5.74) is 1.75. The Labute approximate surface area is 114 Å². The van der Waals surface area contributed by atoms with Gasteiger partial charge < -0.3 is 0 Å². The molecule has 4 unspecified atom stereocenters. The van der Waals surface area contributed by atoms with Gasteiger partial charge in [-0.25, -0.2) is 0 Å². The fourth-order valence-corrected chi connectivity index (χ4v) is 7.94.